The third-order valence-corrected chi connectivity index (χ3v) is 6.85. The van der Waals surface area contributed by atoms with Crippen molar-refractivity contribution in [2.45, 2.75) is 24.7 Å². The highest BCUT2D eigenvalue weighted by atomic mass is 35.5. The van der Waals surface area contributed by atoms with Gasteiger partial charge in [0, 0.05) is 38.8 Å². The molecule has 0 saturated heterocycles. The quantitative estimate of drug-likeness (QED) is 0.249. The van der Waals surface area contributed by atoms with Gasteiger partial charge in [0.15, 0.2) is 5.16 Å². The molecule has 34 heavy (non-hydrogen) atoms. The normalized spacial score (nSPS) is 13.1. The Morgan fingerprint density at radius 2 is 1.76 bits per heavy atom. The van der Waals surface area contributed by atoms with Gasteiger partial charge in [-0.15, -0.1) is 0 Å². The minimum Gasteiger partial charge on any atom is -0.351 e. The maximum absolute atomic E-state index is 12.9. The van der Waals surface area contributed by atoms with Crippen molar-refractivity contribution < 1.29 is 4.79 Å². The number of hydrogen-bond acceptors (Lipinski definition) is 6. The van der Waals surface area contributed by atoms with Crippen LogP contribution in [0.2, 0.25) is 5.15 Å². The van der Waals surface area contributed by atoms with E-state index in [1.54, 1.807) is 6.07 Å². The average Bonchev–Trinajstić information content (AvgIpc) is 2.85. The predicted molar refractivity (Wildman–Crippen MR) is 139 cm³/mol. The summed E-state index contributed by atoms with van der Waals surface area (Å²) in [5, 5.41) is 0.908. The van der Waals surface area contributed by atoms with Gasteiger partial charge in [-0.1, -0.05) is 78.0 Å². The van der Waals surface area contributed by atoms with Gasteiger partial charge in [-0.2, -0.15) is 0 Å². The van der Waals surface area contributed by atoms with Gasteiger partial charge < -0.3 is 14.7 Å². The fourth-order valence-electron chi connectivity index (χ4n) is 3.94. The van der Waals surface area contributed by atoms with Crippen LogP contribution in [0.25, 0.3) is 0 Å². The van der Waals surface area contributed by atoms with E-state index < -0.39 is 0 Å². The molecule has 0 bridgehead atoms. The predicted octanol–water partition coefficient (Wildman–Crippen LogP) is 4.38. The lowest BCUT2D eigenvalue weighted by Crippen LogP contribution is -2.37. The fraction of sp³-hybridized carbons (Fsp3) is 0.346. The van der Waals surface area contributed by atoms with Crippen molar-refractivity contribution in [1.29, 1.82) is 0 Å². The van der Waals surface area contributed by atoms with Gasteiger partial charge in [0.2, 0.25) is 5.91 Å². The second-order valence-corrected chi connectivity index (χ2v) is 9.99. The number of fused-ring (bicyclic) bond motifs is 1. The summed E-state index contributed by atoms with van der Waals surface area (Å²) in [5.74, 6) is 1.16. The van der Waals surface area contributed by atoms with Crippen LogP contribution in [0.15, 0.2) is 65.8 Å². The van der Waals surface area contributed by atoms with Crippen LogP contribution >= 0.6 is 23.4 Å². The monoisotopic (exact) mass is 495 g/mol. The first-order chi connectivity index (χ1) is 16.5. The number of anilines is 1. The maximum Gasteiger partial charge on any atom is 0.233 e. The summed E-state index contributed by atoms with van der Waals surface area (Å²) in [6, 6.07) is 20.4. The van der Waals surface area contributed by atoms with E-state index in [4.69, 9.17) is 16.6 Å². The molecule has 1 aliphatic rings. The molecule has 3 aromatic rings. The van der Waals surface area contributed by atoms with E-state index in [0.717, 1.165) is 38.4 Å². The number of carbonyl (C=O) groups is 1. The SMILES string of the molecule is CN(C)CCN(Cc1ccccc1)c1cc(Cl)nc(SCC(=O)N2CCc3ccccc3C2)n1. The van der Waals surface area contributed by atoms with Crippen molar-refractivity contribution in [3.05, 3.63) is 82.5 Å². The van der Waals surface area contributed by atoms with Gasteiger partial charge in [-0.3, -0.25) is 4.79 Å². The van der Waals surface area contributed by atoms with Gasteiger partial charge in [0.05, 0.1) is 5.75 Å². The average molecular weight is 496 g/mol. The van der Waals surface area contributed by atoms with Crippen LogP contribution in [0, 0.1) is 0 Å². The van der Waals surface area contributed by atoms with Gasteiger partial charge >= 0.3 is 0 Å². The zero-order valence-corrected chi connectivity index (χ0v) is 21.2. The lowest BCUT2D eigenvalue weighted by atomic mass is 10.00. The molecule has 2 heterocycles. The molecule has 1 amide bonds. The Morgan fingerprint density at radius 3 is 2.53 bits per heavy atom. The Balaban J connectivity index is 1.44. The van der Waals surface area contributed by atoms with E-state index in [1.807, 2.05) is 29.2 Å². The largest absolute Gasteiger partial charge is 0.351 e. The Kier molecular flexibility index (Phi) is 8.43. The molecule has 8 heteroatoms. The third kappa shape index (κ3) is 6.72. The molecule has 178 valence electrons. The Hall–Kier alpha value is -2.61. The molecule has 0 fully saturated rings. The number of hydrogen-bond donors (Lipinski definition) is 0. The molecule has 0 atom stereocenters. The summed E-state index contributed by atoms with van der Waals surface area (Å²) in [6.45, 7) is 3.80. The molecule has 4 rings (SSSR count). The van der Waals surface area contributed by atoms with Crippen LogP contribution in [-0.4, -0.2) is 65.2 Å². The number of thioether (sulfide) groups is 1. The molecular formula is C26H30ClN5OS. The molecule has 0 unspecified atom stereocenters. The fourth-order valence-corrected chi connectivity index (χ4v) is 4.92. The van der Waals surface area contributed by atoms with E-state index in [0.29, 0.717) is 22.6 Å². The molecule has 1 aliphatic heterocycles. The lowest BCUT2D eigenvalue weighted by molar-refractivity contribution is -0.129. The molecule has 0 spiro atoms. The van der Waals surface area contributed by atoms with E-state index in [9.17, 15) is 4.79 Å². The number of likely N-dealkylation sites (N-methyl/N-ethyl adjacent to an activating group) is 1. The van der Waals surface area contributed by atoms with Crippen molar-refractivity contribution in [3.8, 4) is 0 Å². The van der Waals surface area contributed by atoms with Crippen LogP contribution in [0.5, 0.6) is 0 Å². The maximum atomic E-state index is 12.9. The van der Waals surface area contributed by atoms with Gasteiger partial charge in [0.1, 0.15) is 11.0 Å². The second kappa shape index (κ2) is 11.7. The van der Waals surface area contributed by atoms with Crippen LogP contribution in [-0.2, 0) is 24.3 Å². The summed E-state index contributed by atoms with van der Waals surface area (Å²) in [5.41, 5.74) is 3.76. The van der Waals surface area contributed by atoms with Crippen LogP contribution in [0.4, 0.5) is 5.82 Å². The van der Waals surface area contributed by atoms with E-state index >= 15 is 0 Å². The summed E-state index contributed by atoms with van der Waals surface area (Å²) >= 11 is 7.73. The van der Waals surface area contributed by atoms with Gasteiger partial charge in [-0.05, 0) is 37.2 Å². The van der Waals surface area contributed by atoms with Crippen molar-refractivity contribution in [2.24, 2.45) is 0 Å². The van der Waals surface area contributed by atoms with Gasteiger partial charge in [0.25, 0.3) is 0 Å². The third-order valence-electron chi connectivity index (χ3n) is 5.83. The Morgan fingerprint density at radius 1 is 1.03 bits per heavy atom. The molecule has 0 saturated carbocycles. The minimum absolute atomic E-state index is 0.0957. The van der Waals surface area contributed by atoms with Crippen LogP contribution in [0.3, 0.4) is 0 Å². The first-order valence-electron chi connectivity index (χ1n) is 11.4. The number of halogens is 1. The standard InChI is InChI=1S/C26H30ClN5OS/c1-30(2)14-15-31(17-20-8-4-3-5-9-20)24-16-23(27)28-26(29-24)34-19-25(33)32-13-12-21-10-6-7-11-22(21)18-32/h3-11,16H,12-15,17-19H2,1-2H3. The van der Waals surface area contributed by atoms with Crippen LogP contribution < -0.4 is 4.90 Å². The first kappa shape index (κ1) is 24.5. The molecule has 0 aliphatic carbocycles. The molecule has 0 N–H and O–H groups in total. The minimum atomic E-state index is 0.0957. The van der Waals surface area contributed by atoms with Crippen molar-refractivity contribution in [3.63, 3.8) is 0 Å². The van der Waals surface area contributed by atoms with E-state index in [1.165, 1.54) is 28.5 Å². The van der Waals surface area contributed by atoms with Gasteiger partial charge in [-0.25, -0.2) is 9.97 Å². The number of benzene rings is 2. The number of rotatable bonds is 9. The number of aromatic nitrogens is 2. The molecule has 6 nitrogen and oxygen atoms in total. The summed E-state index contributed by atoms with van der Waals surface area (Å²) in [7, 11) is 4.11. The first-order valence-corrected chi connectivity index (χ1v) is 12.8. The zero-order valence-electron chi connectivity index (χ0n) is 19.7. The highest BCUT2D eigenvalue weighted by molar-refractivity contribution is 7.99. The van der Waals surface area contributed by atoms with E-state index in [-0.39, 0.29) is 5.91 Å². The molecular weight excluding hydrogens is 466 g/mol. The number of carbonyl (C=O) groups excluding carboxylic acids is 1. The highest BCUT2D eigenvalue weighted by Gasteiger charge is 2.21. The lowest BCUT2D eigenvalue weighted by Gasteiger charge is -2.28. The topological polar surface area (TPSA) is 52.6 Å². The highest BCUT2D eigenvalue weighted by Crippen LogP contribution is 2.25. The van der Waals surface area contributed by atoms with Crippen molar-refractivity contribution in [2.75, 3.05) is 44.4 Å². The van der Waals surface area contributed by atoms with E-state index in [2.05, 4.69) is 59.2 Å². The Labute approximate surface area is 210 Å². The second-order valence-electron chi connectivity index (χ2n) is 8.66. The van der Waals surface area contributed by atoms with Crippen molar-refractivity contribution >= 4 is 35.1 Å². The Bertz CT molecular complexity index is 1110. The summed E-state index contributed by atoms with van der Waals surface area (Å²) < 4.78 is 0. The summed E-state index contributed by atoms with van der Waals surface area (Å²) in [6.07, 6.45) is 0.894. The molecule has 0 radical (unpaired) electrons. The smallest absolute Gasteiger partial charge is 0.233 e. The summed E-state index contributed by atoms with van der Waals surface area (Å²) in [4.78, 5) is 28.3. The molecule has 2 aromatic carbocycles. The van der Waals surface area contributed by atoms with Crippen LogP contribution in [0.1, 0.15) is 16.7 Å². The number of nitrogens with zero attached hydrogens (tertiary/aromatic N) is 5. The van der Waals surface area contributed by atoms with Crippen molar-refractivity contribution in [1.82, 2.24) is 19.8 Å². The number of amides is 1. The molecule has 1 aromatic heterocycles. The zero-order chi connectivity index (χ0) is 23.9.